The first-order valence-electron chi connectivity index (χ1n) is 0. The molecule has 8 heavy (non-hydrogen) atoms. The molecule has 0 saturated heterocycles. The fraction of sp³-hybridized carbons (Fsp3) is 0. The summed E-state index contributed by atoms with van der Waals surface area (Å²) in [5, 5.41) is 0. The molecule has 0 aromatic rings. The summed E-state index contributed by atoms with van der Waals surface area (Å²) in [7, 11) is 0. The fourth-order valence-corrected chi connectivity index (χ4v) is 0. The maximum absolute atomic E-state index is 0. The summed E-state index contributed by atoms with van der Waals surface area (Å²) in [5.74, 6) is 0. The predicted octanol–water partition coefficient (Wildman–Crippen LogP) is -4.22. The molecule has 0 fully saturated rings. The SMILES string of the molecule is O.O.O.O.[Nb].[PbH2].[Ti].[Zn]. The summed E-state index contributed by atoms with van der Waals surface area (Å²) in [4.78, 5) is 0. The van der Waals surface area contributed by atoms with E-state index in [1.54, 1.807) is 0 Å². The summed E-state index contributed by atoms with van der Waals surface area (Å²) in [6, 6.07) is 0. The van der Waals surface area contributed by atoms with Crippen LogP contribution >= 0.6 is 0 Å². The van der Waals surface area contributed by atoms with Crippen molar-refractivity contribution < 1.29 is 85.5 Å². The van der Waals surface area contributed by atoms with E-state index in [-0.39, 0.29) is 113 Å². The fourth-order valence-electron chi connectivity index (χ4n) is 0. The zero-order valence-corrected chi connectivity index (χ0v) is 16.6. The molecule has 0 unspecified atom stereocenters. The molecule has 0 atom stereocenters. The second kappa shape index (κ2) is 95.3. The van der Waals surface area contributed by atoms with Crippen molar-refractivity contribution in [2.45, 2.75) is 0 Å². The third kappa shape index (κ3) is 67.4. The summed E-state index contributed by atoms with van der Waals surface area (Å²) in [6.07, 6.45) is 0. The van der Waals surface area contributed by atoms with Gasteiger partial charge in [-0.1, -0.05) is 0 Å². The standard InChI is InChI=1S/Nb.4H2O.Pb.Ti.Zn.2H/h;4*1H2;;;;;. The van der Waals surface area contributed by atoms with Crippen molar-refractivity contribution >= 4 is 27.3 Å². The van der Waals surface area contributed by atoms with Crippen LogP contribution in [0, 0.1) is 0 Å². The smallest absolute Gasteiger partial charge is 0 e. The van der Waals surface area contributed by atoms with Gasteiger partial charge in [0, 0.05) is 63.6 Å². The minimum atomic E-state index is 0. The average molecular weight is 487 g/mol. The van der Waals surface area contributed by atoms with Crippen LogP contribution in [-0.4, -0.2) is 49.2 Å². The Morgan fingerprint density at radius 1 is 0.625 bits per heavy atom. The maximum Gasteiger partial charge on any atom is 0 e. The zero-order valence-electron chi connectivity index (χ0n) is 4.36. The molecular weight excluding hydrogens is 477 g/mol. The van der Waals surface area contributed by atoms with Crippen molar-refractivity contribution in [1.29, 1.82) is 0 Å². The van der Waals surface area contributed by atoms with Gasteiger partial charge >= 0.3 is 27.3 Å². The molecule has 0 aliphatic carbocycles. The van der Waals surface area contributed by atoms with Gasteiger partial charge in [-0.15, -0.1) is 0 Å². The van der Waals surface area contributed by atoms with Crippen molar-refractivity contribution in [3.63, 3.8) is 0 Å². The monoisotopic (exact) mass is 487 g/mol. The third-order valence-electron chi connectivity index (χ3n) is 0. The van der Waals surface area contributed by atoms with E-state index < -0.39 is 0 Å². The molecule has 0 amide bonds. The van der Waals surface area contributed by atoms with Crippen LogP contribution in [0.15, 0.2) is 0 Å². The van der Waals surface area contributed by atoms with E-state index in [1.807, 2.05) is 0 Å². The van der Waals surface area contributed by atoms with E-state index >= 15 is 0 Å². The molecule has 0 aromatic carbocycles. The van der Waals surface area contributed by atoms with Crippen LogP contribution in [0.5, 0.6) is 0 Å². The molecule has 49 valence electrons. The Morgan fingerprint density at radius 2 is 0.625 bits per heavy atom. The second-order valence-corrected chi connectivity index (χ2v) is 0. The van der Waals surface area contributed by atoms with E-state index in [9.17, 15) is 0 Å². The maximum atomic E-state index is 0. The third-order valence-corrected chi connectivity index (χ3v) is 0. The molecule has 0 aliphatic rings. The second-order valence-electron chi connectivity index (χ2n) is 0. The van der Waals surface area contributed by atoms with Crippen molar-refractivity contribution in [2.75, 3.05) is 0 Å². The number of hydrogen-bond acceptors (Lipinski definition) is 0. The zero-order chi connectivity index (χ0) is 0. The minimum Gasteiger partial charge on any atom is 0 e. The quantitative estimate of drug-likeness (QED) is 0.307. The van der Waals surface area contributed by atoms with Crippen LogP contribution in [0.2, 0.25) is 0 Å². The van der Waals surface area contributed by atoms with Gasteiger partial charge in [0.2, 0.25) is 0 Å². The van der Waals surface area contributed by atoms with E-state index in [0.29, 0.717) is 0 Å². The van der Waals surface area contributed by atoms with Gasteiger partial charge < -0.3 is 21.9 Å². The molecule has 4 nitrogen and oxygen atoms in total. The topological polar surface area (TPSA) is 126 Å². The Hall–Kier alpha value is 2.84. The Bertz CT molecular complexity index is 16.0. The Balaban J connectivity index is 0. The Kier molecular flexibility index (Phi) is 1550. The van der Waals surface area contributed by atoms with Crippen LogP contribution in [0.4, 0.5) is 0 Å². The van der Waals surface area contributed by atoms with E-state index in [4.69, 9.17) is 0 Å². The van der Waals surface area contributed by atoms with Crippen LogP contribution in [0.3, 0.4) is 0 Å². The van der Waals surface area contributed by atoms with Crippen LogP contribution in [0.25, 0.3) is 0 Å². The van der Waals surface area contributed by atoms with Gasteiger partial charge in [-0.3, -0.25) is 0 Å². The van der Waals surface area contributed by atoms with E-state index in [1.165, 1.54) is 0 Å². The molecule has 0 bridgehead atoms. The van der Waals surface area contributed by atoms with Gasteiger partial charge in [-0.05, 0) is 0 Å². The van der Waals surface area contributed by atoms with E-state index in [0.717, 1.165) is 0 Å². The molecule has 8 heteroatoms. The van der Waals surface area contributed by atoms with Gasteiger partial charge in [0.15, 0.2) is 0 Å². The van der Waals surface area contributed by atoms with Crippen molar-refractivity contribution in [3.8, 4) is 0 Å². The first-order valence-corrected chi connectivity index (χ1v) is 0. The van der Waals surface area contributed by atoms with Crippen LogP contribution in [-0.2, 0) is 63.6 Å². The molecule has 0 rings (SSSR count). The first kappa shape index (κ1) is 130. The largest absolute Gasteiger partial charge is 0 e. The Morgan fingerprint density at radius 3 is 0.625 bits per heavy atom. The molecule has 0 heterocycles. The molecule has 8 N–H and O–H groups in total. The number of hydrogen-bond donors (Lipinski definition) is 0. The first-order chi connectivity index (χ1) is 0. The Labute approximate surface area is 111 Å². The predicted molar refractivity (Wildman–Crippen MR) is 23.0 cm³/mol. The number of rotatable bonds is 0. The summed E-state index contributed by atoms with van der Waals surface area (Å²) in [5.41, 5.74) is 0. The summed E-state index contributed by atoms with van der Waals surface area (Å²) in [6.45, 7) is 0. The molecular formula is H10NbO4PbTiZn. The molecule has 0 aliphatic heterocycles. The van der Waals surface area contributed by atoms with Gasteiger partial charge in [0.25, 0.3) is 0 Å². The van der Waals surface area contributed by atoms with Crippen molar-refractivity contribution in [3.05, 3.63) is 0 Å². The van der Waals surface area contributed by atoms with Gasteiger partial charge in [0.1, 0.15) is 0 Å². The minimum absolute atomic E-state index is 0. The normalized spacial score (nSPS) is 0. The van der Waals surface area contributed by atoms with Gasteiger partial charge in [0.05, 0.1) is 0 Å². The summed E-state index contributed by atoms with van der Waals surface area (Å²) < 4.78 is 0. The van der Waals surface area contributed by atoms with Crippen LogP contribution in [0.1, 0.15) is 0 Å². The molecule has 3 radical (unpaired) electrons. The van der Waals surface area contributed by atoms with Gasteiger partial charge in [-0.25, -0.2) is 0 Å². The average Bonchev–Trinajstić information content (AvgIpc) is 0. The molecule has 0 saturated carbocycles. The summed E-state index contributed by atoms with van der Waals surface area (Å²) >= 11 is 0. The molecule has 0 spiro atoms. The van der Waals surface area contributed by atoms with Crippen molar-refractivity contribution in [1.82, 2.24) is 0 Å². The van der Waals surface area contributed by atoms with E-state index in [2.05, 4.69) is 0 Å². The van der Waals surface area contributed by atoms with Crippen LogP contribution < -0.4 is 0 Å². The van der Waals surface area contributed by atoms with Crippen molar-refractivity contribution in [2.24, 2.45) is 0 Å². The van der Waals surface area contributed by atoms with Gasteiger partial charge in [-0.2, -0.15) is 0 Å². The molecule has 0 aromatic heterocycles.